The fraction of sp³-hybridized carbons (Fsp3) is 0.211. The summed E-state index contributed by atoms with van der Waals surface area (Å²) in [6.07, 6.45) is 11.2. The predicted molar refractivity (Wildman–Crippen MR) is 214 cm³/mol. The number of H-pyrrole nitrogens is 1. The van der Waals surface area contributed by atoms with Crippen molar-refractivity contribution in [3.63, 3.8) is 0 Å². The first kappa shape index (κ1) is 37.9. The Labute approximate surface area is 330 Å². The molecule has 6 heterocycles. The minimum absolute atomic E-state index is 0.171. The van der Waals surface area contributed by atoms with Crippen molar-refractivity contribution in [1.29, 1.82) is 5.41 Å². The molecule has 0 aliphatic rings. The molecule has 56 heavy (non-hydrogen) atoms. The third-order valence-electron chi connectivity index (χ3n) is 8.69. The highest BCUT2D eigenvalue weighted by Gasteiger charge is 2.18. The van der Waals surface area contributed by atoms with Gasteiger partial charge in [0.1, 0.15) is 34.8 Å². The lowest BCUT2D eigenvalue weighted by molar-refractivity contribution is 0.394. The van der Waals surface area contributed by atoms with Crippen LogP contribution in [0.3, 0.4) is 0 Å². The van der Waals surface area contributed by atoms with Gasteiger partial charge in [0, 0.05) is 51.0 Å². The van der Waals surface area contributed by atoms with Gasteiger partial charge in [0.05, 0.1) is 44.6 Å². The summed E-state index contributed by atoms with van der Waals surface area (Å²) in [5.41, 5.74) is 8.83. The molecule has 0 amide bonds. The molecule has 0 bridgehead atoms. The van der Waals surface area contributed by atoms with Crippen molar-refractivity contribution in [3.8, 4) is 23.0 Å². The SMILES string of the molecule is COc1ccc(OC)c(Sc2nc3c(N)ncnc3n2CCn2cccc2)c1.COc1ccc(OC)c(Sc2nc3c([nH]2)c(=N)ncn3CCn2cccc2)c1. The van der Waals surface area contributed by atoms with Gasteiger partial charge in [0.2, 0.25) is 0 Å². The van der Waals surface area contributed by atoms with Crippen LogP contribution in [0.4, 0.5) is 5.82 Å². The van der Waals surface area contributed by atoms with E-state index in [9.17, 15) is 0 Å². The normalized spacial score (nSPS) is 11.1. The number of hydrogen-bond donors (Lipinski definition) is 3. The number of nitrogens with two attached hydrogens (primary N) is 1. The van der Waals surface area contributed by atoms with Gasteiger partial charge in [-0.3, -0.25) is 5.41 Å². The first-order valence-electron chi connectivity index (χ1n) is 17.3. The summed E-state index contributed by atoms with van der Waals surface area (Å²) in [6, 6.07) is 19.3. The number of anilines is 1. The largest absolute Gasteiger partial charge is 0.497 e. The molecule has 0 atom stereocenters. The summed E-state index contributed by atoms with van der Waals surface area (Å²) >= 11 is 2.91. The molecular formula is C38H40N12O4S2. The summed E-state index contributed by atoms with van der Waals surface area (Å²) in [7, 11) is 6.54. The van der Waals surface area contributed by atoms with Crippen LogP contribution in [0.1, 0.15) is 0 Å². The molecular weight excluding hydrogens is 753 g/mol. The monoisotopic (exact) mass is 792 g/mol. The summed E-state index contributed by atoms with van der Waals surface area (Å²) in [5, 5.41) is 9.54. The van der Waals surface area contributed by atoms with Crippen LogP contribution in [0.5, 0.6) is 23.0 Å². The number of nitrogen functional groups attached to an aromatic ring is 1. The molecule has 2 aromatic carbocycles. The second-order valence-corrected chi connectivity index (χ2v) is 14.1. The van der Waals surface area contributed by atoms with Crippen molar-refractivity contribution in [2.24, 2.45) is 0 Å². The van der Waals surface area contributed by atoms with Crippen molar-refractivity contribution in [3.05, 3.63) is 104 Å². The number of nitrogens with zero attached hydrogens (tertiary/aromatic N) is 9. The molecule has 0 unspecified atom stereocenters. The first-order valence-corrected chi connectivity index (χ1v) is 19.0. The fourth-order valence-corrected chi connectivity index (χ4v) is 7.76. The van der Waals surface area contributed by atoms with Gasteiger partial charge in [-0.05, 0) is 84.2 Å². The van der Waals surface area contributed by atoms with Crippen LogP contribution in [0.25, 0.3) is 22.3 Å². The van der Waals surface area contributed by atoms with Crippen LogP contribution in [0.2, 0.25) is 0 Å². The molecule has 288 valence electrons. The number of nitrogens with one attached hydrogen (secondary N) is 2. The molecule has 0 saturated heterocycles. The molecule has 0 radical (unpaired) electrons. The average Bonchev–Trinajstić information content (AvgIpc) is 4.06. The fourth-order valence-electron chi connectivity index (χ4n) is 5.80. The van der Waals surface area contributed by atoms with Crippen LogP contribution in [0.15, 0.2) is 118 Å². The van der Waals surface area contributed by atoms with Gasteiger partial charge in [0.15, 0.2) is 38.4 Å². The van der Waals surface area contributed by atoms with Crippen LogP contribution in [-0.2, 0) is 26.2 Å². The van der Waals surface area contributed by atoms with Gasteiger partial charge < -0.3 is 47.9 Å². The van der Waals surface area contributed by atoms with Crippen molar-refractivity contribution < 1.29 is 18.9 Å². The molecule has 18 heteroatoms. The third kappa shape index (κ3) is 8.45. The highest BCUT2D eigenvalue weighted by Crippen LogP contribution is 2.39. The zero-order valence-electron chi connectivity index (χ0n) is 31.1. The number of ether oxygens (including phenoxy) is 4. The quantitative estimate of drug-likeness (QED) is 0.117. The van der Waals surface area contributed by atoms with Crippen LogP contribution < -0.4 is 30.2 Å². The van der Waals surface area contributed by atoms with E-state index in [1.807, 2.05) is 90.0 Å². The van der Waals surface area contributed by atoms with E-state index in [0.717, 1.165) is 51.0 Å². The van der Waals surface area contributed by atoms with E-state index in [-0.39, 0.29) is 5.49 Å². The Morgan fingerprint density at radius 2 is 1.30 bits per heavy atom. The molecule has 0 fully saturated rings. The van der Waals surface area contributed by atoms with E-state index in [1.54, 1.807) is 34.8 Å². The third-order valence-corrected chi connectivity index (χ3v) is 10.6. The highest BCUT2D eigenvalue weighted by molar-refractivity contribution is 7.99. The minimum atomic E-state index is 0.171. The average molecular weight is 793 g/mol. The number of aromatic amines is 1. The van der Waals surface area contributed by atoms with Gasteiger partial charge in [-0.1, -0.05) is 0 Å². The Morgan fingerprint density at radius 3 is 1.91 bits per heavy atom. The maximum Gasteiger partial charge on any atom is 0.175 e. The van der Waals surface area contributed by atoms with Crippen molar-refractivity contribution in [2.45, 2.75) is 46.3 Å². The number of hydrogen-bond acceptors (Lipinski definition) is 13. The summed E-state index contributed by atoms with van der Waals surface area (Å²) < 4.78 is 29.8. The Bertz CT molecular complexity index is 2600. The van der Waals surface area contributed by atoms with E-state index < -0.39 is 0 Å². The zero-order valence-corrected chi connectivity index (χ0v) is 32.8. The van der Waals surface area contributed by atoms with Crippen LogP contribution in [-0.4, -0.2) is 76.6 Å². The van der Waals surface area contributed by atoms with Crippen molar-refractivity contribution in [1.82, 2.24) is 48.2 Å². The standard InChI is InChI=1S/2C19H20N6O2S/c1-26-13-5-6-14(27-2)15(11-13)28-19-22-16-17(20)21-12-25(18(16)23-19)10-9-24-7-3-4-8-24;1-26-13-5-6-14(27-2)15(11-13)28-19-23-16-17(20)21-12-22-18(16)25(19)10-9-24-7-3-4-8-24/h3-8,11-12,20H,9-10H2,1-2H3,(H,22,23);3-8,11-12H,9-10H2,1-2H3,(H2,20,21,22). The topological polar surface area (TPSA) is 187 Å². The van der Waals surface area contributed by atoms with Crippen LogP contribution >= 0.6 is 23.5 Å². The number of aromatic nitrogens is 10. The van der Waals surface area contributed by atoms with E-state index >= 15 is 0 Å². The van der Waals surface area contributed by atoms with E-state index in [0.29, 0.717) is 46.4 Å². The number of imidazole rings is 2. The van der Waals surface area contributed by atoms with Gasteiger partial charge in [0.25, 0.3) is 0 Å². The smallest absolute Gasteiger partial charge is 0.175 e. The number of methoxy groups -OCH3 is 4. The molecule has 0 aliphatic carbocycles. The second kappa shape index (κ2) is 17.4. The highest BCUT2D eigenvalue weighted by atomic mass is 32.2. The first-order chi connectivity index (χ1) is 27.4. The van der Waals surface area contributed by atoms with Crippen LogP contribution in [0, 0.1) is 5.41 Å². The lowest BCUT2D eigenvalue weighted by atomic mass is 10.3. The maximum atomic E-state index is 8.11. The molecule has 16 nitrogen and oxygen atoms in total. The number of aryl methyl sites for hydroxylation is 4. The molecule has 4 N–H and O–H groups in total. The van der Waals surface area contributed by atoms with Gasteiger partial charge in [-0.2, -0.15) is 0 Å². The Hall–Kier alpha value is -6.40. The molecule has 8 aromatic rings. The zero-order chi connectivity index (χ0) is 39.0. The van der Waals surface area contributed by atoms with Gasteiger partial charge in [-0.15, -0.1) is 0 Å². The lowest BCUT2D eigenvalue weighted by Crippen LogP contribution is -2.14. The van der Waals surface area contributed by atoms with Gasteiger partial charge in [-0.25, -0.2) is 24.9 Å². The molecule has 0 spiro atoms. The minimum Gasteiger partial charge on any atom is -0.497 e. The Morgan fingerprint density at radius 1 is 0.696 bits per heavy atom. The molecule has 0 aliphatic heterocycles. The summed E-state index contributed by atoms with van der Waals surface area (Å²) in [4.78, 5) is 27.1. The molecule has 6 aromatic heterocycles. The lowest BCUT2D eigenvalue weighted by Gasteiger charge is -2.12. The second-order valence-electron chi connectivity index (χ2n) is 12.1. The molecule has 0 saturated carbocycles. The van der Waals surface area contributed by atoms with E-state index in [4.69, 9.17) is 40.1 Å². The van der Waals surface area contributed by atoms with Crippen molar-refractivity contribution >= 4 is 51.7 Å². The number of fused-ring (bicyclic) bond motifs is 2. The Kier molecular flexibility index (Phi) is 11.8. The predicted octanol–water partition coefficient (Wildman–Crippen LogP) is 5.99. The maximum absolute atomic E-state index is 8.11. The van der Waals surface area contributed by atoms with E-state index in [1.165, 1.54) is 29.9 Å². The Balaban J connectivity index is 0.000000172. The molecule has 8 rings (SSSR count). The van der Waals surface area contributed by atoms with E-state index in [2.05, 4.69) is 33.6 Å². The van der Waals surface area contributed by atoms with Crippen molar-refractivity contribution in [2.75, 3.05) is 34.2 Å². The van der Waals surface area contributed by atoms with Gasteiger partial charge >= 0.3 is 0 Å². The summed E-state index contributed by atoms with van der Waals surface area (Å²) in [5.74, 6) is 3.33. The summed E-state index contributed by atoms with van der Waals surface area (Å²) in [6.45, 7) is 2.97. The number of rotatable bonds is 14. The number of benzene rings is 2.